The summed E-state index contributed by atoms with van der Waals surface area (Å²) in [7, 11) is 1.95. The Bertz CT molecular complexity index is 81.3. The number of hydrogen-bond donors (Lipinski definition) is 1. The van der Waals surface area contributed by atoms with Crippen LogP contribution >= 0.6 is 0 Å². The fourth-order valence-electron chi connectivity index (χ4n) is 0.799. The zero-order valence-corrected chi connectivity index (χ0v) is 7.06. The first-order valence-electron chi connectivity index (χ1n) is 3.86. The van der Waals surface area contributed by atoms with Gasteiger partial charge in [0.1, 0.15) is 0 Å². The van der Waals surface area contributed by atoms with Crippen LogP contribution in [0.25, 0.3) is 0 Å². The van der Waals surface area contributed by atoms with Crippen LogP contribution < -0.4 is 5.32 Å². The van der Waals surface area contributed by atoms with Gasteiger partial charge in [-0.05, 0) is 19.7 Å². The molecule has 0 unspecified atom stereocenters. The third-order valence-corrected chi connectivity index (χ3v) is 1.42. The molecule has 0 aliphatic heterocycles. The Hall–Kier alpha value is -0.500. The quantitative estimate of drug-likeness (QED) is 0.564. The molecule has 0 saturated carbocycles. The first-order valence-corrected chi connectivity index (χ1v) is 3.86. The molecule has 2 heteroatoms. The fraction of sp³-hybridized carbons (Fsp3) is 0.750. The first kappa shape index (κ1) is 9.50. The third-order valence-electron chi connectivity index (χ3n) is 1.42. The van der Waals surface area contributed by atoms with Crippen LogP contribution in [0.4, 0.5) is 0 Å². The molecule has 0 heterocycles. The summed E-state index contributed by atoms with van der Waals surface area (Å²) in [4.78, 5) is 2.17. The summed E-state index contributed by atoms with van der Waals surface area (Å²) in [6.07, 6.45) is 4.37. The Morgan fingerprint density at radius 2 is 2.30 bits per heavy atom. The smallest absolute Gasteiger partial charge is 0.0673 e. The van der Waals surface area contributed by atoms with Gasteiger partial charge in [0.15, 0.2) is 0 Å². The second-order valence-corrected chi connectivity index (χ2v) is 2.36. The van der Waals surface area contributed by atoms with E-state index in [1.54, 1.807) is 0 Å². The average Bonchev–Trinajstić information content (AvgIpc) is 1.98. The van der Waals surface area contributed by atoms with Gasteiger partial charge in [-0.15, -0.1) is 0 Å². The van der Waals surface area contributed by atoms with E-state index in [-0.39, 0.29) is 0 Å². The third kappa shape index (κ3) is 4.39. The van der Waals surface area contributed by atoms with Crippen LogP contribution in [-0.2, 0) is 0 Å². The number of rotatable bonds is 6. The minimum Gasteiger partial charge on any atom is -0.365 e. The van der Waals surface area contributed by atoms with Gasteiger partial charge >= 0.3 is 0 Å². The molecule has 0 radical (unpaired) electrons. The van der Waals surface area contributed by atoms with Crippen molar-refractivity contribution in [2.45, 2.75) is 19.8 Å². The van der Waals surface area contributed by atoms with Crippen LogP contribution in [0.2, 0.25) is 0 Å². The van der Waals surface area contributed by atoms with Crippen molar-refractivity contribution in [1.82, 2.24) is 10.2 Å². The van der Waals surface area contributed by atoms with Crippen molar-refractivity contribution in [2.75, 3.05) is 20.3 Å². The van der Waals surface area contributed by atoms with Crippen LogP contribution in [-0.4, -0.2) is 25.2 Å². The zero-order valence-electron chi connectivity index (χ0n) is 7.06. The lowest BCUT2D eigenvalue weighted by atomic mass is 10.3. The Morgan fingerprint density at radius 1 is 1.60 bits per heavy atom. The van der Waals surface area contributed by atoms with Gasteiger partial charge in [-0.2, -0.15) is 0 Å². The van der Waals surface area contributed by atoms with E-state index in [2.05, 4.69) is 23.7 Å². The molecule has 0 bridgehead atoms. The highest BCUT2D eigenvalue weighted by atomic mass is 15.2. The van der Waals surface area contributed by atoms with Gasteiger partial charge in [0, 0.05) is 6.54 Å². The number of nitrogens with zero attached hydrogens (tertiary/aromatic N) is 1. The molecule has 10 heavy (non-hydrogen) atoms. The van der Waals surface area contributed by atoms with Gasteiger partial charge in [0.25, 0.3) is 0 Å². The van der Waals surface area contributed by atoms with E-state index in [1.807, 2.05) is 13.2 Å². The Labute approximate surface area is 63.9 Å². The topological polar surface area (TPSA) is 15.3 Å². The van der Waals surface area contributed by atoms with E-state index in [0.29, 0.717) is 0 Å². The van der Waals surface area contributed by atoms with Crippen LogP contribution in [0.5, 0.6) is 0 Å². The molecule has 0 aromatic rings. The van der Waals surface area contributed by atoms with Crippen molar-refractivity contribution < 1.29 is 0 Å². The van der Waals surface area contributed by atoms with E-state index >= 15 is 0 Å². The van der Waals surface area contributed by atoms with Gasteiger partial charge in [-0.25, -0.2) is 0 Å². The Morgan fingerprint density at radius 3 is 2.70 bits per heavy atom. The van der Waals surface area contributed by atoms with Crippen LogP contribution in [0, 0.1) is 0 Å². The molecular weight excluding hydrogens is 124 g/mol. The summed E-state index contributed by atoms with van der Waals surface area (Å²) in [5.41, 5.74) is 0. The molecule has 0 atom stereocenters. The van der Waals surface area contributed by atoms with Gasteiger partial charge in [-0.1, -0.05) is 19.9 Å². The molecule has 0 saturated heterocycles. The molecule has 0 rings (SSSR count). The molecule has 60 valence electrons. The van der Waals surface area contributed by atoms with Crippen molar-refractivity contribution in [3.05, 3.63) is 12.8 Å². The van der Waals surface area contributed by atoms with Crippen molar-refractivity contribution >= 4 is 0 Å². The molecule has 0 aliphatic rings. The van der Waals surface area contributed by atoms with E-state index < -0.39 is 0 Å². The minimum atomic E-state index is 0.906. The van der Waals surface area contributed by atoms with E-state index in [9.17, 15) is 0 Å². The maximum Gasteiger partial charge on any atom is 0.0673 e. The Kier molecular flexibility index (Phi) is 6.29. The normalized spacial score (nSPS) is 9.40. The lowest BCUT2D eigenvalue weighted by Gasteiger charge is -2.18. The maximum absolute atomic E-state index is 3.72. The molecular formula is C8H18N2. The predicted octanol–water partition coefficient (Wildman–Crippen LogP) is 1.41. The molecule has 0 aromatic heterocycles. The monoisotopic (exact) mass is 142 g/mol. The van der Waals surface area contributed by atoms with Gasteiger partial charge in [0.05, 0.1) is 6.67 Å². The summed E-state index contributed by atoms with van der Waals surface area (Å²) in [6, 6.07) is 0. The SMILES string of the molecule is C=CN(CCCC)CNC. The van der Waals surface area contributed by atoms with E-state index in [1.165, 1.54) is 12.8 Å². The molecule has 1 N–H and O–H groups in total. The second kappa shape index (κ2) is 6.62. The molecule has 0 fully saturated rings. The summed E-state index contributed by atoms with van der Waals surface area (Å²) in [5, 5.41) is 3.08. The van der Waals surface area contributed by atoms with Gasteiger partial charge < -0.3 is 10.2 Å². The second-order valence-electron chi connectivity index (χ2n) is 2.36. The van der Waals surface area contributed by atoms with Crippen molar-refractivity contribution in [3.63, 3.8) is 0 Å². The van der Waals surface area contributed by atoms with Crippen LogP contribution in [0.3, 0.4) is 0 Å². The standard InChI is InChI=1S/C8H18N2/c1-4-6-7-10(5-2)8-9-3/h5,9H,2,4,6-8H2,1,3H3. The summed E-state index contributed by atoms with van der Waals surface area (Å²) in [6.45, 7) is 7.93. The lowest BCUT2D eigenvalue weighted by molar-refractivity contribution is 0.350. The lowest BCUT2D eigenvalue weighted by Crippen LogP contribution is -2.28. The highest BCUT2D eigenvalue weighted by Gasteiger charge is 1.92. The summed E-state index contributed by atoms with van der Waals surface area (Å²) < 4.78 is 0. The minimum absolute atomic E-state index is 0.906. The van der Waals surface area contributed by atoms with Gasteiger partial charge in [0.2, 0.25) is 0 Å². The van der Waals surface area contributed by atoms with Crippen LogP contribution in [0.1, 0.15) is 19.8 Å². The van der Waals surface area contributed by atoms with E-state index in [4.69, 9.17) is 0 Å². The van der Waals surface area contributed by atoms with E-state index in [0.717, 1.165) is 13.2 Å². The number of hydrogen-bond acceptors (Lipinski definition) is 2. The summed E-state index contributed by atoms with van der Waals surface area (Å²) in [5.74, 6) is 0. The number of unbranched alkanes of at least 4 members (excludes halogenated alkanes) is 1. The average molecular weight is 142 g/mol. The van der Waals surface area contributed by atoms with Crippen molar-refractivity contribution in [2.24, 2.45) is 0 Å². The van der Waals surface area contributed by atoms with Crippen molar-refractivity contribution in [3.8, 4) is 0 Å². The molecule has 2 nitrogen and oxygen atoms in total. The highest BCUT2D eigenvalue weighted by Crippen LogP contribution is 1.92. The maximum atomic E-state index is 3.72. The fourth-order valence-corrected chi connectivity index (χ4v) is 0.799. The van der Waals surface area contributed by atoms with Gasteiger partial charge in [-0.3, -0.25) is 0 Å². The highest BCUT2D eigenvalue weighted by molar-refractivity contribution is 4.68. The Balaban J connectivity index is 3.29. The molecule has 0 aliphatic carbocycles. The zero-order chi connectivity index (χ0) is 7.82. The van der Waals surface area contributed by atoms with Crippen molar-refractivity contribution in [1.29, 1.82) is 0 Å². The molecule has 0 aromatic carbocycles. The predicted molar refractivity (Wildman–Crippen MR) is 45.7 cm³/mol. The summed E-state index contributed by atoms with van der Waals surface area (Å²) >= 11 is 0. The largest absolute Gasteiger partial charge is 0.365 e. The number of nitrogens with one attached hydrogen (secondary N) is 1. The molecule has 0 amide bonds. The molecule has 0 spiro atoms. The first-order chi connectivity index (χ1) is 4.85. The van der Waals surface area contributed by atoms with Crippen LogP contribution in [0.15, 0.2) is 12.8 Å².